The van der Waals surface area contributed by atoms with E-state index in [9.17, 15) is 26.3 Å². The minimum atomic E-state index is -5.84. The van der Waals surface area contributed by atoms with Crippen LogP contribution in [0, 0.1) is 0 Å². The molecule has 0 saturated heterocycles. The lowest BCUT2D eigenvalue weighted by atomic mass is 9.95. The first-order valence-corrected chi connectivity index (χ1v) is 3.55. The van der Waals surface area contributed by atoms with Crippen molar-refractivity contribution in [1.29, 1.82) is 0 Å². The fourth-order valence-electron chi connectivity index (χ4n) is 0.777. The molecule has 0 aliphatic carbocycles. The summed E-state index contributed by atoms with van der Waals surface area (Å²) >= 11 is 0. The zero-order valence-corrected chi connectivity index (χ0v) is 7.45. The van der Waals surface area contributed by atoms with E-state index in [1.54, 1.807) is 0 Å². The standard InChI is InChI=1S/C6H8F6N2O/c1-3(14-13)2-4(15,5(7,8)9)6(10,11)12/h15H,2,13H2,1H3. The van der Waals surface area contributed by atoms with Crippen molar-refractivity contribution in [2.24, 2.45) is 10.9 Å². The fourth-order valence-corrected chi connectivity index (χ4v) is 0.777. The Hall–Kier alpha value is -0.990. The van der Waals surface area contributed by atoms with Crippen molar-refractivity contribution in [3.63, 3.8) is 0 Å². The molecule has 0 unspecified atom stereocenters. The second-order valence-corrected chi connectivity index (χ2v) is 2.90. The van der Waals surface area contributed by atoms with Crippen molar-refractivity contribution in [3.05, 3.63) is 0 Å². The molecule has 9 heteroatoms. The Labute approximate surface area is 80.6 Å². The van der Waals surface area contributed by atoms with Gasteiger partial charge in [-0.05, 0) is 6.92 Å². The minimum Gasteiger partial charge on any atom is -0.373 e. The number of nitrogens with zero attached hydrogens (tertiary/aromatic N) is 1. The molecule has 90 valence electrons. The third-order valence-corrected chi connectivity index (χ3v) is 1.67. The number of halogens is 6. The van der Waals surface area contributed by atoms with Crippen LogP contribution >= 0.6 is 0 Å². The largest absolute Gasteiger partial charge is 0.426 e. The number of alkyl halides is 6. The predicted molar refractivity (Wildman–Crippen MR) is 39.0 cm³/mol. The number of aliphatic hydroxyl groups is 1. The van der Waals surface area contributed by atoms with Crippen molar-refractivity contribution in [2.45, 2.75) is 31.3 Å². The molecule has 15 heavy (non-hydrogen) atoms. The maximum Gasteiger partial charge on any atom is 0.426 e. The molecule has 0 aliphatic rings. The van der Waals surface area contributed by atoms with E-state index in [1.807, 2.05) is 0 Å². The average molecular weight is 238 g/mol. The molecule has 0 saturated carbocycles. The molecule has 0 aromatic carbocycles. The molecule has 0 radical (unpaired) electrons. The van der Waals surface area contributed by atoms with Crippen LogP contribution in [0.4, 0.5) is 26.3 Å². The van der Waals surface area contributed by atoms with Crippen LogP contribution in [0.1, 0.15) is 13.3 Å². The van der Waals surface area contributed by atoms with E-state index in [-0.39, 0.29) is 0 Å². The first-order valence-electron chi connectivity index (χ1n) is 3.55. The predicted octanol–water partition coefficient (Wildman–Crippen LogP) is 1.57. The number of rotatable bonds is 2. The molecule has 3 nitrogen and oxygen atoms in total. The summed E-state index contributed by atoms with van der Waals surface area (Å²) in [5, 5.41) is 11.3. The molecule has 0 atom stereocenters. The zero-order chi connectivity index (χ0) is 12.5. The molecular formula is C6H8F6N2O. The topological polar surface area (TPSA) is 58.6 Å². The number of hydrazone groups is 1. The first kappa shape index (κ1) is 14.0. The van der Waals surface area contributed by atoms with Crippen molar-refractivity contribution >= 4 is 5.71 Å². The van der Waals surface area contributed by atoms with Crippen LogP contribution in [0.3, 0.4) is 0 Å². The monoisotopic (exact) mass is 238 g/mol. The third-order valence-electron chi connectivity index (χ3n) is 1.67. The lowest BCUT2D eigenvalue weighted by Crippen LogP contribution is -2.57. The molecule has 0 amide bonds. The van der Waals surface area contributed by atoms with Gasteiger partial charge >= 0.3 is 12.4 Å². The molecule has 0 fully saturated rings. The molecule has 0 aliphatic heterocycles. The van der Waals surface area contributed by atoms with Crippen LogP contribution in [-0.4, -0.2) is 28.8 Å². The van der Waals surface area contributed by atoms with Crippen molar-refractivity contribution in [3.8, 4) is 0 Å². The van der Waals surface area contributed by atoms with Gasteiger partial charge in [0.15, 0.2) is 0 Å². The zero-order valence-electron chi connectivity index (χ0n) is 7.45. The van der Waals surface area contributed by atoms with E-state index < -0.39 is 30.1 Å². The lowest BCUT2D eigenvalue weighted by molar-refractivity contribution is -0.365. The lowest BCUT2D eigenvalue weighted by Gasteiger charge is -2.31. The average Bonchev–Trinajstić information content (AvgIpc) is 1.99. The number of nitrogens with two attached hydrogens (primary N) is 1. The Morgan fingerprint density at radius 2 is 1.47 bits per heavy atom. The molecule has 0 heterocycles. The van der Waals surface area contributed by atoms with Gasteiger partial charge in [0.25, 0.3) is 5.60 Å². The second kappa shape index (κ2) is 3.87. The number of hydrogen-bond donors (Lipinski definition) is 2. The summed E-state index contributed by atoms with van der Waals surface area (Å²) in [5.74, 6) is 4.51. The Kier molecular flexibility index (Phi) is 3.62. The molecule has 0 bridgehead atoms. The third kappa shape index (κ3) is 2.74. The summed E-state index contributed by atoms with van der Waals surface area (Å²) in [6, 6.07) is 0. The SMILES string of the molecule is CC(CC(O)(C(F)(F)F)C(F)(F)F)=NN. The van der Waals surface area contributed by atoms with E-state index in [0.29, 0.717) is 0 Å². The van der Waals surface area contributed by atoms with Gasteiger partial charge in [0.1, 0.15) is 0 Å². The highest BCUT2D eigenvalue weighted by molar-refractivity contribution is 5.82. The summed E-state index contributed by atoms with van der Waals surface area (Å²) in [7, 11) is 0. The van der Waals surface area contributed by atoms with Crippen molar-refractivity contribution < 1.29 is 31.4 Å². The number of hydrogen-bond acceptors (Lipinski definition) is 3. The Morgan fingerprint density at radius 1 is 1.13 bits per heavy atom. The molecule has 0 aromatic heterocycles. The summed E-state index contributed by atoms with van der Waals surface area (Å²) in [4.78, 5) is 0. The highest BCUT2D eigenvalue weighted by Crippen LogP contribution is 2.45. The van der Waals surface area contributed by atoms with E-state index in [1.165, 1.54) is 0 Å². The summed E-state index contributed by atoms with van der Waals surface area (Å²) in [5.41, 5.74) is -5.47. The molecular weight excluding hydrogens is 230 g/mol. The summed E-state index contributed by atoms with van der Waals surface area (Å²) in [6.07, 6.45) is -13.4. The van der Waals surface area contributed by atoms with Crippen LogP contribution < -0.4 is 5.84 Å². The minimum absolute atomic E-state index is 0.660. The van der Waals surface area contributed by atoms with Crippen molar-refractivity contribution in [1.82, 2.24) is 0 Å². The van der Waals surface area contributed by atoms with E-state index >= 15 is 0 Å². The first-order chi connectivity index (χ1) is 6.45. The highest BCUT2D eigenvalue weighted by Gasteiger charge is 2.70. The van der Waals surface area contributed by atoms with E-state index in [4.69, 9.17) is 5.11 Å². The van der Waals surface area contributed by atoms with Crippen LogP contribution in [0.25, 0.3) is 0 Å². The Bertz CT molecular complexity index is 241. The van der Waals surface area contributed by atoms with Crippen LogP contribution in [0.2, 0.25) is 0 Å². The smallest absolute Gasteiger partial charge is 0.373 e. The quantitative estimate of drug-likeness (QED) is 0.332. The van der Waals surface area contributed by atoms with Crippen LogP contribution in [0.5, 0.6) is 0 Å². The van der Waals surface area contributed by atoms with Crippen molar-refractivity contribution in [2.75, 3.05) is 0 Å². The molecule has 3 N–H and O–H groups in total. The van der Waals surface area contributed by atoms with Gasteiger partial charge in [-0.1, -0.05) is 0 Å². The van der Waals surface area contributed by atoms with Gasteiger partial charge in [0.2, 0.25) is 0 Å². The molecule has 0 rings (SSSR count). The van der Waals surface area contributed by atoms with Gasteiger partial charge in [-0.15, -0.1) is 0 Å². The van der Waals surface area contributed by atoms with Crippen LogP contribution in [-0.2, 0) is 0 Å². The van der Waals surface area contributed by atoms with Crippen LogP contribution in [0.15, 0.2) is 5.10 Å². The maximum absolute atomic E-state index is 12.0. The highest BCUT2D eigenvalue weighted by atomic mass is 19.4. The van der Waals surface area contributed by atoms with Gasteiger partial charge in [-0.25, -0.2) is 0 Å². The normalized spacial score (nSPS) is 15.6. The molecule has 0 aromatic rings. The second-order valence-electron chi connectivity index (χ2n) is 2.90. The van der Waals surface area contributed by atoms with Gasteiger partial charge in [0, 0.05) is 12.1 Å². The van der Waals surface area contributed by atoms with E-state index in [2.05, 4.69) is 10.9 Å². The Balaban J connectivity index is 5.25. The van der Waals surface area contributed by atoms with Gasteiger partial charge in [-0.3, -0.25) is 0 Å². The van der Waals surface area contributed by atoms with E-state index in [0.717, 1.165) is 6.92 Å². The van der Waals surface area contributed by atoms with Gasteiger partial charge < -0.3 is 10.9 Å². The summed E-state index contributed by atoms with van der Waals surface area (Å²) < 4.78 is 72.2. The van der Waals surface area contributed by atoms with Gasteiger partial charge in [0.05, 0.1) is 0 Å². The summed E-state index contributed by atoms with van der Waals surface area (Å²) in [6.45, 7) is 0.850. The fraction of sp³-hybridized carbons (Fsp3) is 0.833. The van der Waals surface area contributed by atoms with Gasteiger partial charge in [-0.2, -0.15) is 31.4 Å². The molecule has 0 spiro atoms. The maximum atomic E-state index is 12.0. The Morgan fingerprint density at radius 3 is 1.67 bits per heavy atom.